The van der Waals surface area contributed by atoms with Crippen molar-refractivity contribution in [3.8, 4) is 0 Å². The third-order valence-electron chi connectivity index (χ3n) is 3.35. The summed E-state index contributed by atoms with van der Waals surface area (Å²) < 4.78 is 13.6. The Kier molecular flexibility index (Phi) is 6.21. The highest BCUT2D eigenvalue weighted by Gasteiger charge is 2.18. The van der Waals surface area contributed by atoms with E-state index in [-0.39, 0.29) is 11.4 Å². The first kappa shape index (κ1) is 18.0. The number of halogens is 1. The van der Waals surface area contributed by atoms with Crippen molar-refractivity contribution in [2.24, 2.45) is 5.92 Å². The molecule has 0 unspecified atom stereocenters. The van der Waals surface area contributed by atoms with E-state index in [2.05, 4.69) is 58.7 Å². The van der Waals surface area contributed by atoms with Gasteiger partial charge in [-0.2, -0.15) is 0 Å². The Balaban J connectivity index is 3.08. The normalized spacial score (nSPS) is 12.3. The highest BCUT2D eigenvalue weighted by Crippen LogP contribution is 2.25. The number of hydrogen-bond donors (Lipinski definition) is 1. The fourth-order valence-corrected chi connectivity index (χ4v) is 2.32. The zero-order valence-electron chi connectivity index (χ0n) is 14.6. The van der Waals surface area contributed by atoms with Crippen LogP contribution in [-0.2, 0) is 6.54 Å². The topological polar surface area (TPSA) is 15.3 Å². The smallest absolute Gasteiger partial charge is 0.123 e. The second-order valence-electron chi connectivity index (χ2n) is 7.52. The van der Waals surface area contributed by atoms with E-state index >= 15 is 0 Å². The summed E-state index contributed by atoms with van der Waals surface area (Å²) in [6.07, 6.45) is 0. The molecule has 1 aromatic rings. The monoisotopic (exact) mass is 294 g/mol. The number of benzene rings is 1. The lowest BCUT2D eigenvalue weighted by molar-refractivity contribution is 0.423. The molecule has 2 nitrogen and oxygen atoms in total. The molecular formula is C18H31FN2. The summed E-state index contributed by atoms with van der Waals surface area (Å²) in [6, 6.07) is 5.53. The van der Waals surface area contributed by atoms with Gasteiger partial charge in [0.25, 0.3) is 0 Å². The first-order valence-electron chi connectivity index (χ1n) is 7.90. The molecule has 3 heteroatoms. The van der Waals surface area contributed by atoms with E-state index < -0.39 is 0 Å². The number of anilines is 1. The lowest BCUT2D eigenvalue weighted by atomic mass is 10.0. The first-order chi connectivity index (χ1) is 9.60. The second-order valence-corrected chi connectivity index (χ2v) is 7.52. The van der Waals surface area contributed by atoms with Crippen molar-refractivity contribution in [2.75, 3.05) is 11.4 Å². The Morgan fingerprint density at radius 3 is 2.24 bits per heavy atom. The molecule has 120 valence electrons. The van der Waals surface area contributed by atoms with Gasteiger partial charge in [-0.25, -0.2) is 4.39 Å². The Morgan fingerprint density at radius 2 is 1.76 bits per heavy atom. The van der Waals surface area contributed by atoms with E-state index in [0.29, 0.717) is 18.5 Å². The van der Waals surface area contributed by atoms with Crippen molar-refractivity contribution in [1.82, 2.24) is 5.32 Å². The largest absolute Gasteiger partial charge is 0.369 e. The fraction of sp³-hybridized carbons (Fsp3) is 0.667. The fourth-order valence-electron chi connectivity index (χ4n) is 2.32. The highest BCUT2D eigenvalue weighted by atomic mass is 19.1. The molecule has 0 spiro atoms. The van der Waals surface area contributed by atoms with E-state index in [1.165, 1.54) is 0 Å². The van der Waals surface area contributed by atoms with Crippen molar-refractivity contribution in [3.05, 3.63) is 29.6 Å². The minimum absolute atomic E-state index is 0.0182. The van der Waals surface area contributed by atoms with Gasteiger partial charge in [-0.1, -0.05) is 13.8 Å². The van der Waals surface area contributed by atoms with E-state index in [0.717, 1.165) is 17.8 Å². The van der Waals surface area contributed by atoms with Gasteiger partial charge in [0.05, 0.1) is 0 Å². The van der Waals surface area contributed by atoms with Crippen LogP contribution in [0.1, 0.15) is 54.0 Å². The Bertz CT molecular complexity index is 447. The van der Waals surface area contributed by atoms with E-state index in [4.69, 9.17) is 0 Å². The number of hydrogen-bond acceptors (Lipinski definition) is 2. The molecule has 0 bridgehead atoms. The highest BCUT2D eigenvalue weighted by molar-refractivity contribution is 5.54. The molecule has 1 N–H and O–H groups in total. The minimum atomic E-state index is -0.169. The summed E-state index contributed by atoms with van der Waals surface area (Å²) in [4.78, 5) is 2.36. The Labute approximate surface area is 129 Å². The molecule has 0 aliphatic carbocycles. The Morgan fingerprint density at radius 1 is 1.14 bits per heavy atom. The Hall–Kier alpha value is -1.09. The molecule has 0 amide bonds. The average Bonchev–Trinajstić information content (AvgIpc) is 2.32. The summed E-state index contributed by atoms with van der Waals surface area (Å²) >= 11 is 0. The van der Waals surface area contributed by atoms with Crippen LogP contribution in [0.2, 0.25) is 0 Å². The van der Waals surface area contributed by atoms with Gasteiger partial charge >= 0.3 is 0 Å². The molecule has 0 aromatic heterocycles. The van der Waals surface area contributed by atoms with Gasteiger partial charge in [0.2, 0.25) is 0 Å². The van der Waals surface area contributed by atoms with Gasteiger partial charge in [0.15, 0.2) is 0 Å². The molecule has 0 radical (unpaired) electrons. The standard InChI is InChI=1S/C18H31FN2/c1-13(2)12-21(14(3)4)17-9-8-16(19)10-15(17)11-20-18(5,6)7/h8-10,13-14,20H,11-12H2,1-7H3. The quantitative estimate of drug-likeness (QED) is 0.826. The summed E-state index contributed by atoms with van der Waals surface area (Å²) in [5, 5.41) is 3.46. The molecule has 0 heterocycles. The van der Waals surface area contributed by atoms with Gasteiger partial charge in [-0.3, -0.25) is 0 Å². The number of rotatable bonds is 6. The molecule has 1 aromatic carbocycles. The van der Waals surface area contributed by atoms with Crippen molar-refractivity contribution in [1.29, 1.82) is 0 Å². The van der Waals surface area contributed by atoms with Gasteiger partial charge in [-0.15, -0.1) is 0 Å². The molecular weight excluding hydrogens is 263 g/mol. The molecule has 1 rings (SSSR count). The molecule has 0 saturated carbocycles. The summed E-state index contributed by atoms with van der Waals surface area (Å²) in [5.41, 5.74) is 2.18. The van der Waals surface area contributed by atoms with Gasteiger partial charge in [0.1, 0.15) is 5.82 Å². The molecule has 0 aliphatic heterocycles. The van der Waals surface area contributed by atoms with Crippen molar-refractivity contribution >= 4 is 5.69 Å². The average molecular weight is 294 g/mol. The molecule has 0 aliphatic rings. The van der Waals surface area contributed by atoms with Crippen LogP contribution in [0.3, 0.4) is 0 Å². The van der Waals surface area contributed by atoms with Gasteiger partial charge < -0.3 is 10.2 Å². The van der Waals surface area contributed by atoms with Gasteiger partial charge in [0, 0.05) is 30.4 Å². The third-order valence-corrected chi connectivity index (χ3v) is 3.35. The molecule has 0 saturated heterocycles. The van der Waals surface area contributed by atoms with E-state index in [9.17, 15) is 4.39 Å². The van der Waals surface area contributed by atoms with Crippen LogP contribution < -0.4 is 10.2 Å². The van der Waals surface area contributed by atoms with Crippen LogP contribution in [0.15, 0.2) is 18.2 Å². The maximum absolute atomic E-state index is 13.6. The summed E-state index contributed by atoms with van der Waals surface area (Å²) in [6.45, 7) is 16.8. The van der Waals surface area contributed by atoms with E-state index in [1.54, 1.807) is 12.1 Å². The predicted molar refractivity (Wildman–Crippen MR) is 90.3 cm³/mol. The zero-order chi connectivity index (χ0) is 16.2. The lowest BCUT2D eigenvalue weighted by Gasteiger charge is -2.33. The first-order valence-corrected chi connectivity index (χ1v) is 7.90. The van der Waals surface area contributed by atoms with Gasteiger partial charge in [-0.05, 0) is 64.3 Å². The summed E-state index contributed by atoms with van der Waals surface area (Å²) in [5.74, 6) is 0.401. The predicted octanol–water partition coefficient (Wildman–Crippen LogP) is 4.58. The molecule has 21 heavy (non-hydrogen) atoms. The molecule has 0 fully saturated rings. The maximum atomic E-state index is 13.6. The minimum Gasteiger partial charge on any atom is -0.369 e. The summed E-state index contributed by atoms with van der Waals surface area (Å²) in [7, 11) is 0. The molecule has 0 atom stereocenters. The van der Waals surface area contributed by atoms with Crippen LogP contribution >= 0.6 is 0 Å². The van der Waals surface area contributed by atoms with Crippen LogP contribution in [-0.4, -0.2) is 18.1 Å². The number of nitrogens with one attached hydrogen (secondary N) is 1. The van der Waals surface area contributed by atoms with Crippen LogP contribution in [0.4, 0.5) is 10.1 Å². The van der Waals surface area contributed by atoms with Crippen molar-refractivity contribution in [2.45, 2.75) is 66.6 Å². The zero-order valence-corrected chi connectivity index (χ0v) is 14.6. The third kappa shape index (κ3) is 6.04. The maximum Gasteiger partial charge on any atom is 0.123 e. The number of nitrogens with zero attached hydrogens (tertiary/aromatic N) is 1. The van der Waals surface area contributed by atoms with Crippen molar-refractivity contribution < 1.29 is 4.39 Å². The van der Waals surface area contributed by atoms with E-state index in [1.807, 2.05) is 6.07 Å². The van der Waals surface area contributed by atoms with Crippen LogP contribution in [0.25, 0.3) is 0 Å². The van der Waals surface area contributed by atoms with Crippen LogP contribution in [0.5, 0.6) is 0 Å². The lowest BCUT2D eigenvalue weighted by Crippen LogP contribution is -2.38. The van der Waals surface area contributed by atoms with Crippen LogP contribution in [0, 0.1) is 11.7 Å². The second kappa shape index (κ2) is 7.26. The SMILES string of the molecule is CC(C)CN(c1ccc(F)cc1CNC(C)(C)C)C(C)C. The van der Waals surface area contributed by atoms with Crippen molar-refractivity contribution in [3.63, 3.8) is 0 Å².